The van der Waals surface area contributed by atoms with Gasteiger partial charge in [0.05, 0.1) is 6.61 Å². The van der Waals surface area contributed by atoms with Crippen LogP contribution >= 0.6 is 0 Å². The van der Waals surface area contributed by atoms with Crippen LogP contribution in [0.15, 0.2) is 68.9 Å². The van der Waals surface area contributed by atoms with Gasteiger partial charge in [0.1, 0.15) is 41.4 Å². The Kier molecular flexibility index (Phi) is 11.1. The largest absolute Gasteiger partial charge is 0.507 e. The number of nitrogens with zero attached hydrogens (tertiary/aromatic N) is 1. The molecule has 0 radical (unpaired) electrons. The van der Waals surface area contributed by atoms with Gasteiger partial charge in [-0.2, -0.15) is 0 Å². The Morgan fingerprint density at radius 3 is 2.10 bits per heavy atom. The summed E-state index contributed by atoms with van der Waals surface area (Å²) in [5.41, 5.74) is 2.76. The average molecular weight is 536 g/mol. The molecule has 3 aromatic rings. The highest BCUT2D eigenvalue weighted by molar-refractivity contribution is 5.88. The lowest BCUT2D eigenvalue weighted by Gasteiger charge is -2.18. The second-order valence-corrected chi connectivity index (χ2v) is 9.84. The van der Waals surface area contributed by atoms with Gasteiger partial charge in [0.25, 0.3) is 0 Å². The highest BCUT2D eigenvalue weighted by Gasteiger charge is 2.21. The molecule has 0 aliphatic carbocycles. The minimum atomic E-state index is -0.425. The van der Waals surface area contributed by atoms with Crippen molar-refractivity contribution in [2.45, 2.75) is 48.0 Å². The monoisotopic (exact) mass is 535 g/mol. The number of allylic oxidation sites excluding steroid dienone is 2. The maximum Gasteiger partial charge on any atom is 0.239 e. The van der Waals surface area contributed by atoms with Crippen LogP contribution in [-0.2, 0) is 0 Å². The van der Waals surface area contributed by atoms with Gasteiger partial charge in [0, 0.05) is 24.2 Å². The fourth-order valence-electron chi connectivity index (χ4n) is 3.98. The van der Waals surface area contributed by atoms with Crippen molar-refractivity contribution in [1.82, 2.24) is 4.90 Å². The van der Waals surface area contributed by atoms with Crippen molar-refractivity contribution in [2.24, 2.45) is 0 Å². The number of aromatic hydroxyl groups is 1. The summed E-state index contributed by atoms with van der Waals surface area (Å²) in [4.78, 5) is 15.9. The molecular formula is C32H41NO6. The minimum Gasteiger partial charge on any atom is -0.507 e. The lowest BCUT2D eigenvalue weighted by atomic mass is 10.1. The van der Waals surface area contributed by atoms with Crippen molar-refractivity contribution in [3.05, 3.63) is 69.9 Å². The normalized spacial score (nSPS) is 10.9. The Bertz CT molecular complexity index is 1340. The van der Waals surface area contributed by atoms with Crippen molar-refractivity contribution in [2.75, 3.05) is 39.5 Å². The van der Waals surface area contributed by atoms with Crippen molar-refractivity contribution in [3.8, 4) is 34.3 Å². The lowest BCUT2D eigenvalue weighted by molar-refractivity contribution is 0.246. The molecule has 210 valence electrons. The topological polar surface area (TPSA) is 81.4 Å². The molecule has 0 aliphatic heterocycles. The molecule has 0 saturated carbocycles. The van der Waals surface area contributed by atoms with Gasteiger partial charge in [0.2, 0.25) is 11.2 Å². The van der Waals surface area contributed by atoms with Gasteiger partial charge in [-0.1, -0.05) is 25.0 Å². The predicted molar refractivity (Wildman–Crippen MR) is 157 cm³/mol. The number of phenols is 1. The molecule has 7 nitrogen and oxygen atoms in total. The van der Waals surface area contributed by atoms with Crippen molar-refractivity contribution in [1.29, 1.82) is 0 Å². The Labute approximate surface area is 231 Å². The van der Waals surface area contributed by atoms with Crippen LogP contribution in [0.3, 0.4) is 0 Å². The zero-order valence-electron chi connectivity index (χ0n) is 24.0. The molecule has 1 heterocycles. The molecule has 0 atom stereocenters. The SMILES string of the molecule is CCN(CC)CCCOc1c(-c2ccc(OCC=C(C)C)cc2)oc2cc(OCC=C(C)C)cc(O)c2c1=O. The Balaban J connectivity index is 1.99. The third kappa shape index (κ3) is 8.39. The summed E-state index contributed by atoms with van der Waals surface area (Å²) in [6.07, 6.45) is 4.68. The van der Waals surface area contributed by atoms with Gasteiger partial charge in [-0.05, 0) is 83.6 Å². The molecule has 0 bridgehead atoms. The van der Waals surface area contributed by atoms with Crippen molar-refractivity contribution in [3.63, 3.8) is 0 Å². The van der Waals surface area contributed by atoms with Gasteiger partial charge in [-0.25, -0.2) is 0 Å². The molecular weight excluding hydrogens is 494 g/mol. The Hall–Kier alpha value is -3.71. The first-order valence-electron chi connectivity index (χ1n) is 13.5. The first-order chi connectivity index (χ1) is 18.7. The fraction of sp³-hybridized carbons (Fsp3) is 0.406. The quantitative estimate of drug-likeness (QED) is 0.176. The van der Waals surface area contributed by atoms with Gasteiger partial charge in [-0.3, -0.25) is 4.79 Å². The zero-order chi connectivity index (χ0) is 28.4. The maximum absolute atomic E-state index is 13.6. The third-order valence-corrected chi connectivity index (χ3v) is 6.27. The minimum absolute atomic E-state index is 0.0636. The van der Waals surface area contributed by atoms with E-state index in [-0.39, 0.29) is 22.5 Å². The van der Waals surface area contributed by atoms with E-state index >= 15 is 0 Å². The summed E-state index contributed by atoms with van der Waals surface area (Å²) in [6.45, 7) is 16.2. The smallest absolute Gasteiger partial charge is 0.239 e. The summed E-state index contributed by atoms with van der Waals surface area (Å²) in [7, 11) is 0. The molecule has 1 N–H and O–H groups in total. The highest BCUT2D eigenvalue weighted by Crippen LogP contribution is 2.36. The molecule has 7 heteroatoms. The number of hydrogen-bond acceptors (Lipinski definition) is 7. The molecule has 0 spiro atoms. The van der Waals surface area contributed by atoms with Gasteiger partial charge in [0.15, 0.2) is 5.76 Å². The summed E-state index contributed by atoms with van der Waals surface area (Å²) < 4.78 is 23.8. The Morgan fingerprint density at radius 1 is 0.897 bits per heavy atom. The molecule has 2 aromatic carbocycles. The molecule has 1 aromatic heterocycles. The number of phenolic OH excluding ortho intramolecular Hbond substituents is 1. The van der Waals surface area contributed by atoms with Crippen LogP contribution in [0, 0.1) is 0 Å². The van der Waals surface area contributed by atoms with E-state index in [1.54, 1.807) is 6.07 Å². The maximum atomic E-state index is 13.6. The molecule has 0 fully saturated rings. The van der Waals surface area contributed by atoms with E-state index < -0.39 is 5.43 Å². The highest BCUT2D eigenvalue weighted by atomic mass is 16.5. The summed E-state index contributed by atoms with van der Waals surface area (Å²) >= 11 is 0. The van der Waals surface area contributed by atoms with E-state index in [4.69, 9.17) is 18.6 Å². The summed E-state index contributed by atoms with van der Waals surface area (Å²) in [5, 5.41) is 10.8. The predicted octanol–water partition coefficient (Wildman–Crippen LogP) is 6.97. The van der Waals surface area contributed by atoms with Crippen molar-refractivity contribution < 1.29 is 23.7 Å². The van der Waals surface area contributed by atoms with Crippen LogP contribution in [0.2, 0.25) is 0 Å². The second kappa shape index (κ2) is 14.4. The number of benzene rings is 2. The molecule has 3 rings (SSSR count). The van der Waals surface area contributed by atoms with Crippen LogP contribution in [0.25, 0.3) is 22.3 Å². The van der Waals surface area contributed by atoms with Crippen LogP contribution in [0.4, 0.5) is 0 Å². The van der Waals surface area contributed by atoms with E-state index in [9.17, 15) is 9.90 Å². The van der Waals surface area contributed by atoms with Crippen LogP contribution in [0.5, 0.6) is 23.0 Å². The van der Waals surface area contributed by atoms with Gasteiger partial charge >= 0.3 is 0 Å². The van der Waals surface area contributed by atoms with E-state index in [1.807, 2.05) is 64.1 Å². The van der Waals surface area contributed by atoms with Crippen molar-refractivity contribution >= 4 is 11.0 Å². The second-order valence-electron chi connectivity index (χ2n) is 9.84. The number of rotatable bonds is 14. The molecule has 39 heavy (non-hydrogen) atoms. The molecule has 0 saturated heterocycles. The lowest BCUT2D eigenvalue weighted by Crippen LogP contribution is -2.25. The zero-order valence-corrected chi connectivity index (χ0v) is 24.0. The molecule has 0 amide bonds. The Morgan fingerprint density at radius 2 is 1.51 bits per heavy atom. The van der Waals surface area contributed by atoms with E-state index in [0.717, 1.165) is 31.6 Å². The molecule has 0 unspecified atom stereocenters. The first-order valence-corrected chi connectivity index (χ1v) is 13.5. The first kappa shape index (κ1) is 29.8. The molecule has 0 aliphatic rings. The van der Waals surface area contributed by atoms with Crippen LogP contribution in [0.1, 0.15) is 48.0 Å². The summed E-state index contributed by atoms with van der Waals surface area (Å²) in [6, 6.07) is 10.4. The number of ether oxygens (including phenoxy) is 3. The number of hydrogen-bond donors (Lipinski definition) is 1. The third-order valence-electron chi connectivity index (χ3n) is 6.27. The van der Waals surface area contributed by atoms with Gasteiger partial charge < -0.3 is 28.6 Å². The van der Waals surface area contributed by atoms with Gasteiger partial charge in [-0.15, -0.1) is 0 Å². The average Bonchev–Trinajstić information content (AvgIpc) is 2.89. The van der Waals surface area contributed by atoms with Crippen LogP contribution < -0.4 is 19.6 Å². The standard InChI is InChI=1S/C32H41NO6/c1-7-33(8-2)16-9-17-38-32-30(35)29-27(34)20-26(37-19-15-23(5)6)21-28(29)39-31(32)24-10-12-25(13-11-24)36-18-14-22(3)4/h10-15,20-21,34H,7-9,16-19H2,1-6H3. The van der Waals surface area contributed by atoms with Crippen LogP contribution in [-0.4, -0.2) is 49.5 Å². The van der Waals surface area contributed by atoms with E-state index in [1.165, 1.54) is 11.6 Å². The fourth-order valence-corrected chi connectivity index (χ4v) is 3.98. The number of fused-ring (bicyclic) bond motifs is 1. The van der Waals surface area contributed by atoms with E-state index in [2.05, 4.69) is 18.7 Å². The summed E-state index contributed by atoms with van der Waals surface area (Å²) in [5.74, 6) is 1.27. The van der Waals surface area contributed by atoms with E-state index in [0.29, 0.717) is 42.6 Å².